The molecule has 0 aliphatic carbocycles. The molecule has 1 aliphatic heterocycles. The van der Waals surface area contributed by atoms with E-state index < -0.39 is 24.3 Å². The van der Waals surface area contributed by atoms with Gasteiger partial charge in [-0.25, -0.2) is 13.5 Å². The number of nitrogens with two attached hydrogens (primary N) is 2. The van der Waals surface area contributed by atoms with Crippen molar-refractivity contribution < 1.29 is 27.8 Å². The molecule has 1 aliphatic rings. The Morgan fingerprint density at radius 1 is 1.23 bits per heavy atom. The summed E-state index contributed by atoms with van der Waals surface area (Å²) in [5.74, 6) is -4.06. The molecule has 3 aromatic rings. The number of hydrogen-bond donors (Lipinski definition) is 3. The molecule has 2 heterocycles. The molecule has 0 bridgehead atoms. The molecule has 11 heteroatoms. The van der Waals surface area contributed by atoms with Crippen molar-refractivity contribution in [3.8, 4) is 17.0 Å². The Morgan fingerprint density at radius 3 is 2.60 bits per heavy atom. The number of halogens is 2. The van der Waals surface area contributed by atoms with E-state index in [0.717, 1.165) is 10.2 Å². The predicted octanol–water partition coefficient (Wildman–Crippen LogP) is 2.77. The van der Waals surface area contributed by atoms with Crippen LogP contribution in [0, 0.1) is 0 Å². The smallest absolute Gasteiger partial charge is 0.274 e. The fourth-order valence-corrected chi connectivity index (χ4v) is 3.96. The molecule has 1 aromatic heterocycles. The van der Waals surface area contributed by atoms with Gasteiger partial charge in [0.2, 0.25) is 0 Å². The van der Waals surface area contributed by atoms with Crippen molar-refractivity contribution in [2.45, 2.75) is 24.9 Å². The summed E-state index contributed by atoms with van der Waals surface area (Å²) in [6.07, 6.45) is -0.479. The number of primary amides is 1. The fourth-order valence-electron chi connectivity index (χ4n) is 3.96. The lowest BCUT2D eigenvalue weighted by molar-refractivity contribution is -0.135. The van der Waals surface area contributed by atoms with Crippen LogP contribution in [0.3, 0.4) is 0 Å². The Hall–Kier alpha value is -3.99. The first-order valence-corrected chi connectivity index (χ1v) is 10.9. The lowest BCUT2D eigenvalue weighted by Gasteiger charge is -2.31. The minimum atomic E-state index is -3.10. The minimum absolute atomic E-state index is 0.0741. The number of carbonyl (C=O) groups excluding carboxylic acids is 2. The van der Waals surface area contributed by atoms with Gasteiger partial charge in [0.05, 0.1) is 25.9 Å². The van der Waals surface area contributed by atoms with E-state index in [9.17, 15) is 18.4 Å². The van der Waals surface area contributed by atoms with Crippen LogP contribution in [-0.2, 0) is 11.3 Å². The van der Waals surface area contributed by atoms with E-state index >= 15 is 0 Å². The van der Waals surface area contributed by atoms with Crippen LogP contribution in [-0.4, -0.2) is 47.8 Å². The molecule has 0 spiro atoms. The first-order chi connectivity index (χ1) is 16.7. The Kier molecular flexibility index (Phi) is 6.70. The highest BCUT2D eigenvalue weighted by molar-refractivity contribution is 6.03. The van der Waals surface area contributed by atoms with Crippen LogP contribution in [0.5, 0.6) is 5.75 Å². The monoisotopic (exact) mass is 485 g/mol. The number of hydrogen-bond acceptors (Lipinski definition) is 6. The Balaban J connectivity index is 1.56. The molecular formula is C24H25F2N5O4. The molecule has 184 valence electrons. The summed E-state index contributed by atoms with van der Waals surface area (Å²) in [5.41, 5.74) is 13.1. The molecule has 1 unspecified atom stereocenters. The summed E-state index contributed by atoms with van der Waals surface area (Å²) in [6.45, 7) is -0.140. The molecule has 2 amide bonds. The zero-order chi connectivity index (χ0) is 25.2. The standard InChI is InChI=1S/C24H25F2N5O4/c1-34-17-5-3-2-4-16(17)23(33)29-12-14-6-8-15(9-7-14)20-19(22(28)32)21(27)31(30-20)18-13-35-11-10-24(18,25)26/h2-9,18H,10-13,27H2,1H3,(H2,28,32)(H,29,33). The number of nitrogen functional groups attached to an aromatic ring is 1. The summed E-state index contributed by atoms with van der Waals surface area (Å²) in [7, 11) is 1.49. The number of carbonyl (C=O) groups is 2. The summed E-state index contributed by atoms with van der Waals surface area (Å²) >= 11 is 0. The highest BCUT2D eigenvalue weighted by Crippen LogP contribution is 2.39. The van der Waals surface area contributed by atoms with Gasteiger partial charge < -0.3 is 26.3 Å². The van der Waals surface area contributed by atoms with E-state index in [1.165, 1.54) is 7.11 Å². The molecule has 5 N–H and O–H groups in total. The quantitative estimate of drug-likeness (QED) is 0.471. The number of amides is 2. The number of methoxy groups -OCH3 is 1. The number of nitrogens with one attached hydrogen (secondary N) is 1. The van der Waals surface area contributed by atoms with Gasteiger partial charge in [0.1, 0.15) is 28.9 Å². The van der Waals surface area contributed by atoms with Crippen LogP contribution >= 0.6 is 0 Å². The third-order valence-corrected chi connectivity index (χ3v) is 5.86. The number of nitrogens with zero attached hydrogens (tertiary/aromatic N) is 2. The van der Waals surface area contributed by atoms with Crippen molar-refractivity contribution in [2.24, 2.45) is 5.73 Å². The number of benzene rings is 2. The molecule has 0 saturated carbocycles. The highest BCUT2D eigenvalue weighted by Gasteiger charge is 2.45. The minimum Gasteiger partial charge on any atom is -0.496 e. The molecule has 35 heavy (non-hydrogen) atoms. The number of para-hydroxylation sites is 1. The molecule has 1 fully saturated rings. The Labute approximate surface area is 200 Å². The van der Waals surface area contributed by atoms with E-state index in [1.54, 1.807) is 48.5 Å². The average Bonchev–Trinajstić information content (AvgIpc) is 3.19. The third kappa shape index (κ3) is 4.80. The normalized spacial score (nSPS) is 17.1. The van der Waals surface area contributed by atoms with Crippen LogP contribution in [0.1, 0.15) is 38.7 Å². The van der Waals surface area contributed by atoms with Gasteiger partial charge in [0, 0.05) is 18.5 Å². The number of aromatic nitrogens is 2. The zero-order valence-electron chi connectivity index (χ0n) is 19.0. The van der Waals surface area contributed by atoms with E-state index in [1.807, 2.05) is 0 Å². The SMILES string of the molecule is COc1ccccc1C(=O)NCc1ccc(-c2nn(C3COCCC3(F)F)c(N)c2C(N)=O)cc1. The first kappa shape index (κ1) is 24.1. The van der Waals surface area contributed by atoms with Crippen molar-refractivity contribution in [3.05, 3.63) is 65.2 Å². The molecule has 4 rings (SSSR count). The number of alkyl halides is 2. The Bertz CT molecular complexity index is 1240. The summed E-state index contributed by atoms with van der Waals surface area (Å²) < 4.78 is 40.3. The van der Waals surface area contributed by atoms with Crippen molar-refractivity contribution in [2.75, 3.05) is 26.1 Å². The van der Waals surface area contributed by atoms with Gasteiger partial charge in [-0.1, -0.05) is 36.4 Å². The van der Waals surface area contributed by atoms with Gasteiger partial charge in [-0.2, -0.15) is 5.10 Å². The molecule has 2 aromatic carbocycles. The maximum Gasteiger partial charge on any atom is 0.274 e. The summed E-state index contributed by atoms with van der Waals surface area (Å²) in [5, 5.41) is 7.04. The van der Waals surface area contributed by atoms with Gasteiger partial charge in [-0.3, -0.25) is 9.59 Å². The topological polar surface area (TPSA) is 134 Å². The Morgan fingerprint density at radius 2 is 1.94 bits per heavy atom. The van der Waals surface area contributed by atoms with Crippen LogP contribution in [0.2, 0.25) is 0 Å². The van der Waals surface area contributed by atoms with Crippen molar-refractivity contribution in [1.29, 1.82) is 0 Å². The van der Waals surface area contributed by atoms with E-state index in [2.05, 4.69) is 10.4 Å². The van der Waals surface area contributed by atoms with Crippen molar-refractivity contribution >= 4 is 17.6 Å². The van der Waals surface area contributed by atoms with Crippen LogP contribution in [0.15, 0.2) is 48.5 Å². The van der Waals surface area contributed by atoms with Gasteiger partial charge in [0.25, 0.3) is 17.7 Å². The van der Waals surface area contributed by atoms with Gasteiger partial charge in [-0.15, -0.1) is 0 Å². The number of anilines is 1. The lowest BCUT2D eigenvalue weighted by atomic mass is 10.0. The van der Waals surface area contributed by atoms with Gasteiger partial charge in [0.15, 0.2) is 0 Å². The van der Waals surface area contributed by atoms with Crippen molar-refractivity contribution in [1.82, 2.24) is 15.1 Å². The second kappa shape index (κ2) is 9.71. The molecule has 9 nitrogen and oxygen atoms in total. The fraction of sp³-hybridized carbons (Fsp3) is 0.292. The second-order valence-corrected chi connectivity index (χ2v) is 8.10. The second-order valence-electron chi connectivity index (χ2n) is 8.10. The zero-order valence-corrected chi connectivity index (χ0v) is 19.0. The van der Waals surface area contributed by atoms with Crippen molar-refractivity contribution in [3.63, 3.8) is 0 Å². The van der Waals surface area contributed by atoms with Crippen LogP contribution < -0.4 is 21.5 Å². The maximum absolute atomic E-state index is 14.5. The molecule has 1 saturated heterocycles. The lowest BCUT2D eigenvalue weighted by Crippen LogP contribution is -2.40. The molecule has 1 atom stereocenters. The maximum atomic E-state index is 14.5. The number of rotatable bonds is 7. The largest absolute Gasteiger partial charge is 0.496 e. The molecular weight excluding hydrogens is 460 g/mol. The van der Waals surface area contributed by atoms with Crippen LogP contribution in [0.25, 0.3) is 11.3 Å². The summed E-state index contributed by atoms with van der Waals surface area (Å²) in [4.78, 5) is 24.6. The van der Waals surface area contributed by atoms with E-state index in [-0.39, 0.29) is 42.7 Å². The van der Waals surface area contributed by atoms with E-state index in [0.29, 0.717) is 16.9 Å². The first-order valence-electron chi connectivity index (χ1n) is 10.9. The van der Waals surface area contributed by atoms with E-state index in [4.69, 9.17) is 20.9 Å². The van der Waals surface area contributed by atoms with Crippen LogP contribution in [0.4, 0.5) is 14.6 Å². The average molecular weight is 485 g/mol. The van der Waals surface area contributed by atoms with Gasteiger partial charge in [-0.05, 0) is 17.7 Å². The van der Waals surface area contributed by atoms with Gasteiger partial charge >= 0.3 is 0 Å². The number of ether oxygens (including phenoxy) is 2. The summed E-state index contributed by atoms with van der Waals surface area (Å²) in [6, 6.07) is 12.1. The molecule has 0 radical (unpaired) electrons. The highest BCUT2D eigenvalue weighted by atomic mass is 19.3. The predicted molar refractivity (Wildman–Crippen MR) is 124 cm³/mol. The third-order valence-electron chi connectivity index (χ3n) is 5.86.